The molecule has 1 aromatic heterocycles. The molecule has 2 rings (SSSR count). The fourth-order valence-corrected chi connectivity index (χ4v) is 1.89. The number of nitrogens with two attached hydrogens (primary N) is 1. The SMILES string of the molecule is NC(=O)c1cc(C(F)(F)F)oc1-c1ccc(I)cc1. The Morgan fingerprint density at radius 2 is 1.79 bits per heavy atom. The van der Waals surface area contributed by atoms with Crippen LogP contribution < -0.4 is 5.73 Å². The summed E-state index contributed by atoms with van der Waals surface area (Å²) in [6, 6.07) is 7.13. The van der Waals surface area contributed by atoms with Crippen molar-refractivity contribution in [3.05, 3.63) is 45.2 Å². The number of carbonyl (C=O) groups excluding carboxylic acids is 1. The average molecular weight is 381 g/mol. The van der Waals surface area contributed by atoms with E-state index in [0.717, 1.165) is 3.57 Å². The molecule has 1 amide bonds. The van der Waals surface area contributed by atoms with Crippen molar-refractivity contribution >= 4 is 28.5 Å². The molecule has 3 nitrogen and oxygen atoms in total. The second-order valence-electron chi connectivity index (χ2n) is 3.72. The van der Waals surface area contributed by atoms with Crippen LogP contribution in [0.4, 0.5) is 13.2 Å². The molecule has 19 heavy (non-hydrogen) atoms. The van der Waals surface area contributed by atoms with Crippen molar-refractivity contribution in [2.45, 2.75) is 6.18 Å². The maximum absolute atomic E-state index is 12.6. The third-order valence-electron chi connectivity index (χ3n) is 2.38. The van der Waals surface area contributed by atoms with Crippen LogP contribution in [-0.2, 0) is 6.18 Å². The molecule has 0 saturated heterocycles. The van der Waals surface area contributed by atoms with Crippen molar-refractivity contribution in [2.24, 2.45) is 5.73 Å². The first-order chi connectivity index (χ1) is 8.79. The van der Waals surface area contributed by atoms with E-state index < -0.39 is 17.8 Å². The van der Waals surface area contributed by atoms with Crippen LogP contribution in [-0.4, -0.2) is 5.91 Å². The van der Waals surface area contributed by atoms with Crippen LogP contribution in [0, 0.1) is 3.57 Å². The van der Waals surface area contributed by atoms with Crippen molar-refractivity contribution in [3.63, 3.8) is 0 Å². The van der Waals surface area contributed by atoms with Crippen LogP contribution >= 0.6 is 22.6 Å². The van der Waals surface area contributed by atoms with E-state index in [2.05, 4.69) is 22.6 Å². The monoisotopic (exact) mass is 381 g/mol. The van der Waals surface area contributed by atoms with Crippen molar-refractivity contribution in [3.8, 4) is 11.3 Å². The lowest BCUT2D eigenvalue weighted by atomic mass is 10.1. The Morgan fingerprint density at radius 3 is 2.26 bits per heavy atom. The highest BCUT2D eigenvalue weighted by Gasteiger charge is 2.37. The summed E-state index contributed by atoms with van der Waals surface area (Å²) in [5.41, 5.74) is 5.15. The minimum absolute atomic E-state index is 0.170. The first-order valence-electron chi connectivity index (χ1n) is 5.06. The summed E-state index contributed by atoms with van der Waals surface area (Å²) in [6.07, 6.45) is -4.66. The van der Waals surface area contributed by atoms with Gasteiger partial charge in [0.05, 0.1) is 5.56 Å². The quantitative estimate of drug-likeness (QED) is 0.808. The second kappa shape index (κ2) is 4.87. The molecule has 100 valence electrons. The lowest BCUT2D eigenvalue weighted by Crippen LogP contribution is -2.11. The molecule has 0 aliphatic rings. The van der Waals surface area contributed by atoms with Gasteiger partial charge in [0.15, 0.2) is 0 Å². The zero-order valence-corrected chi connectivity index (χ0v) is 11.4. The summed E-state index contributed by atoms with van der Waals surface area (Å²) >= 11 is 2.05. The third-order valence-corrected chi connectivity index (χ3v) is 3.10. The zero-order valence-electron chi connectivity index (χ0n) is 9.29. The predicted octanol–water partition coefficient (Wildman–Crippen LogP) is 3.67. The number of alkyl halides is 3. The van der Waals surface area contributed by atoms with Gasteiger partial charge in [0.2, 0.25) is 5.76 Å². The minimum atomic E-state index is -4.66. The van der Waals surface area contributed by atoms with E-state index in [1.807, 2.05) is 0 Å². The van der Waals surface area contributed by atoms with E-state index in [0.29, 0.717) is 11.6 Å². The Balaban J connectivity index is 2.58. The number of hydrogen-bond acceptors (Lipinski definition) is 2. The highest BCUT2D eigenvalue weighted by molar-refractivity contribution is 14.1. The van der Waals surface area contributed by atoms with Crippen LogP contribution in [0.15, 0.2) is 34.7 Å². The van der Waals surface area contributed by atoms with Gasteiger partial charge in [0.1, 0.15) is 5.76 Å². The van der Waals surface area contributed by atoms with E-state index in [4.69, 9.17) is 10.2 Å². The van der Waals surface area contributed by atoms with Gasteiger partial charge in [-0.1, -0.05) is 12.1 Å². The molecule has 1 aromatic carbocycles. The lowest BCUT2D eigenvalue weighted by Gasteiger charge is -2.02. The molecule has 0 radical (unpaired) electrons. The summed E-state index contributed by atoms with van der Waals surface area (Å²) < 4.78 is 43.4. The van der Waals surface area contributed by atoms with Crippen LogP contribution in [0.1, 0.15) is 16.1 Å². The Bertz CT molecular complexity index is 617. The molecule has 2 aromatic rings. The Kier molecular flexibility index (Phi) is 3.57. The van der Waals surface area contributed by atoms with Crippen molar-refractivity contribution < 1.29 is 22.4 Å². The standard InChI is InChI=1S/C12H7F3INO2/c13-12(14,15)9-5-8(11(17)18)10(19-9)6-1-3-7(16)4-2-6/h1-5H,(H2,17,18). The Morgan fingerprint density at radius 1 is 1.21 bits per heavy atom. The van der Waals surface area contributed by atoms with Gasteiger partial charge in [-0.05, 0) is 34.7 Å². The van der Waals surface area contributed by atoms with E-state index in [1.165, 1.54) is 0 Å². The minimum Gasteiger partial charge on any atom is -0.451 e. The fraction of sp³-hybridized carbons (Fsp3) is 0.0833. The van der Waals surface area contributed by atoms with Gasteiger partial charge in [-0.15, -0.1) is 0 Å². The highest BCUT2D eigenvalue weighted by atomic mass is 127. The van der Waals surface area contributed by atoms with Gasteiger partial charge < -0.3 is 10.2 Å². The van der Waals surface area contributed by atoms with Crippen molar-refractivity contribution in [1.82, 2.24) is 0 Å². The number of hydrogen-bond donors (Lipinski definition) is 1. The largest absolute Gasteiger partial charge is 0.451 e. The first kappa shape index (κ1) is 13.9. The Labute approximate surface area is 119 Å². The number of furan rings is 1. The van der Waals surface area contributed by atoms with Crippen LogP contribution in [0.3, 0.4) is 0 Å². The molecular formula is C12H7F3INO2. The smallest absolute Gasteiger partial charge is 0.449 e. The van der Waals surface area contributed by atoms with Crippen LogP contribution in [0.5, 0.6) is 0 Å². The summed E-state index contributed by atoms with van der Waals surface area (Å²) in [4.78, 5) is 11.2. The topological polar surface area (TPSA) is 56.2 Å². The number of carbonyl (C=O) groups is 1. The summed E-state index contributed by atoms with van der Waals surface area (Å²) in [6.45, 7) is 0. The molecule has 0 atom stereocenters. The third kappa shape index (κ3) is 2.91. The number of amides is 1. The van der Waals surface area contributed by atoms with E-state index >= 15 is 0 Å². The maximum Gasteiger partial charge on any atom is 0.449 e. The molecule has 0 bridgehead atoms. The van der Waals surface area contributed by atoms with Crippen LogP contribution in [0.25, 0.3) is 11.3 Å². The molecule has 2 N–H and O–H groups in total. The molecule has 0 unspecified atom stereocenters. The zero-order chi connectivity index (χ0) is 14.2. The van der Waals surface area contributed by atoms with Crippen LogP contribution in [0.2, 0.25) is 0 Å². The van der Waals surface area contributed by atoms with Gasteiger partial charge >= 0.3 is 6.18 Å². The normalized spacial score (nSPS) is 11.6. The van der Waals surface area contributed by atoms with E-state index in [9.17, 15) is 18.0 Å². The molecule has 0 spiro atoms. The van der Waals surface area contributed by atoms with Gasteiger partial charge in [-0.25, -0.2) is 0 Å². The first-order valence-corrected chi connectivity index (χ1v) is 6.13. The number of benzene rings is 1. The lowest BCUT2D eigenvalue weighted by molar-refractivity contribution is -0.152. The number of rotatable bonds is 2. The molecular weight excluding hydrogens is 374 g/mol. The summed E-state index contributed by atoms with van der Waals surface area (Å²) in [5.74, 6) is -2.38. The van der Waals surface area contributed by atoms with E-state index in [1.54, 1.807) is 24.3 Å². The highest BCUT2D eigenvalue weighted by Crippen LogP contribution is 2.36. The van der Waals surface area contributed by atoms with E-state index in [-0.39, 0.29) is 11.3 Å². The molecule has 0 saturated carbocycles. The summed E-state index contributed by atoms with van der Waals surface area (Å²) in [5, 5.41) is 0. The summed E-state index contributed by atoms with van der Waals surface area (Å²) in [7, 11) is 0. The molecule has 1 heterocycles. The van der Waals surface area contributed by atoms with Gasteiger partial charge in [-0.3, -0.25) is 4.79 Å². The predicted molar refractivity (Wildman–Crippen MR) is 70.4 cm³/mol. The number of halogens is 4. The second-order valence-corrected chi connectivity index (χ2v) is 4.97. The molecule has 0 fully saturated rings. The van der Waals surface area contributed by atoms with Crippen molar-refractivity contribution in [2.75, 3.05) is 0 Å². The molecule has 7 heteroatoms. The average Bonchev–Trinajstić information content (AvgIpc) is 2.74. The maximum atomic E-state index is 12.6. The van der Waals surface area contributed by atoms with Gasteiger partial charge in [0.25, 0.3) is 5.91 Å². The number of primary amides is 1. The Hall–Kier alpha value is -1.51. The van der Waals surface area contributed by atoms with Crippen molar-refractivity contribution in [1.29, 1.82) is 0 Å². The van der Waals surface area contributed by atoms with Gasteiger partial charge in [-0.2, -0.15) is 13.2 Å². The van der Waals surface area contributed by atoms with Gasteiger partial charge in [0, 0.05) is 15.2 Å². The molecule has 0 aliphatic carbocycles. The fourth-order valence-electron chi connectivity index (χ4n) is 1.53. The molecule has 0 aliphatic heterocycles.